The Kier molecular flexibility index (Phi) is 6.00. The molecule has 11 heteroatoms. The van der Waals surface area contributed by atoms with Crippen LogP contribution in [-0.4, -0.2) is 57.9 Å². The number of imide groups is 2. The van der Waals surface area contributed by atoms with Crippen LogP contribution >= 0.6 is 11.3 Å². The van der Waals surface area contributed by atoms with Gasteiger partial charge in [0, 0.05) is 25.4 Å². The number of benzene rings is 1. The molecule has 3 N–H and O–H groups in total. The molecular weight excluding hydrogens is 444 g/mol. The third-order valence-corrected chi connectivity index (χ3v) is 7.40. The van der Waals surface area contributed by atoms with Gasteiger partial charge in [0.2, 0.25) is 11.8 Å². The fraction of sp³-hybridized carbons (Fsp3) is 0.455. The molecule has 10 nitrogen and oxygen atoms in total. The van der Waals surface area contributed by atoms with Gasteiger partial charge in [-0.25, -0.2) is 0 Å². The van der Waals surface area contributed by atoms with Crippen molar-refractivity contribution in [1.29, 1.82) is 0 Å². The van der Waals surface area contributed by atoms with Crippen LogP contribution in [0, 0.1) is 0 Å². The summed E-state index contributed by atoms with van der Waals surface area (Å²) in [6.45, 7) is 2.87. The van der Waals surface area contributed by atoms with Gasteiger partial charge in [-0.05, 0) is 44.0 Å². The molecule has 3 aliphatic rings. The summed E-state index contributed by atoms with van der Waals surface area (Å²) in [7, 11) is 0. The Morgan fingerprint density at radius 1 is 1.03 bits per heavy atom. The molecule has 0 radical (unpaired) electrons. The van der Waals surface area contributed by atoms with Gasteiger partial charge < -0.3 is 10.6 Å². The first-order valence-electron chi connectivity index (χ1n) is 11.1. The molecule has 172 valence electrons. The molecule has 1 unspecified atom stereocenters. The Labute approximate surface area is 194 Å². The molecule has 4 amide bonds. The van der Waals surface area contributed by atoms with Crippen molar-refractivity contribution in [2.75, 3.05) is 13.1 Å². The fourth-order valence-corrected chi connectivity index (χ4v) is 5.59. The number of nitrogens with zero attached hydrogens (tertiary/aromatic N) is 3. The fourth-order valence-electron chi connectivity index (χ4n) is 4.61. The Bertz CT molecular complexity index is 1130. The maximum Gasteiger partial charge on any atom is 0.262 e. The lowest BCUT2D eigenvalue weighted by molar-refractivity contribution is -0.136. The minimum atomic E-state index is -0.967. The monoisotopic (exact) mass is 468 g/mol. The highest BCUT2D eigenvalue weighted by Gasteiger charge is 2.45. The zero-order valence-electron chi connectivity index (χ0n) is 17.9. The number of aromatic nitrogens is 2. The van der Waals surface area contributed by atoms with Gasteiger partial charge in [0.15, 0.2) is 0 Å². The average Bonchev–Trinajstić information content (AvgIpc) is 3.39. The first-order valence-corrected chi connectivity index (χ1v) is 11.9. The van der Waals surface area contributed by atoms with Gasteiger partial charge in [0.1, 0.15) is 16.1 Å². The number of carbonyl (C=O) groups excluding carboxylic acids is 4. The first-order chi connectivity index (χ1) is 16.0. The van der Waals surface area contributed by atoms with Crippen LogP contribution in [0.2, 0.25) is 0 Å². The van der Waals surface area contributed by atoms with Gasteiger partial charge in [0.25, 0.3) is 11.8 Å². The normalized spacial score (nSPS) is 21.5. The van der Waals surface area contributed by atoms with Crippen LogP contribution in [0.3, 0.4) is 0 Å². The van der Waals surface area contributed by atoms with Crippen molar-refractivity contribution in [1.82, 2.24) is 31.0 Å². The van der Waals surface area contributed by atoms with Crippen LogP contribution in [-0.2, 0) is 22.7 Å². The van der Waals surface area contributed by atoms with Gasteiger partial charge in [-0.3, -0.25) is 29.4 Å². The third-order valence-electron chi connectivity index (χ3n) is 6.32. The topological polar surface area (TPSA) is 133 Å². The van der Waals surface area contributed by atoms with E-state index < -0.39 is 29.7 Å². The molecule has 4 heterocycles. The van der Waals surface area contributed by atoms with Crippen molar-refractivity contribution in [3.8, 4) is 0 Å². The molecule has 0 spiro atoms. The van der Waals surface area contributed by atoms with Crippen molar-refractivity contribution in [3.63, 3.8) is 0 Å². The minimum Gasteiger partial charge on any atom is -0.317 e. The number of nitrogens with one attached hydrogen (secondary N) is 3. The SMILES string of the molecule is O=C1CCC(N2C(=O)c3cccc(CNCc4nnc(C5CCNCC5)s4)c3C2=O)C(=O)N1. The van der Waals surface area contributed by atoms with Crippen LogP contribution in [0.4, 0.5) is 0 Å². The third kappa shape index (κ3) is 4.19. The van der Waals surface area contributed by atoms with Gasteiger partial charge in [-0.1, -0.05) is 23.5 Å². The van der Waals surface area contributed by atoms with Crippen LogP contribution < -0.4 is 16.0 Å². The summed E-state index contributed by atoms with van der Waals surface area (Å²) >= 11 is 1.61. The van der Waals surface area contributed by atoms with E-state index in [0.29, 0.717) is 30.1 Å². The maximum atomic E-state index is 13.2. The summed E-state index contributed by atoms with van der Waals surface area (Å²) in [5.41, 5.74) is 1.28. The highest BCUT2D eigenvalue weighted by molar-refractivity contribution is 7.11. The second-order valence-corrected chi connectivity index (χ2v) is 9.54. The lowest BCUT2D eigenvalue weighted by Gasteiger charge is -2.27. The maximum absolute atomic E-state index is 13.2. The number of fused-ring (bicyclic) bond motifs is 1. The standard InChI is InChI=1S/C22H24N6O4S/c29-16-5-4-15(19(30)25-16)28-21(31)14-3-1-2-13(18(14)22(28)32)10-24-11-17-26-27-20(33-17)12-6-8-23-9-7-12/h1-3,12,15,23-24H,4-11H2,(H,25,29,30). The summed E-state index contributed by atoms with van der Waals surface area (Å²) in [4.78, 5) is 50.8. The van der Waals surface area contributed by atoms with Gasteiger partial charge in [0.05, 0.1) is 11.1 Å². The quantitative estimate of drug-likeness (QED) is 0.528. The van der Waals surface area contributed by atoms with Gasteiger partial charge in [-0.2, -0.15) is 0 Å². The van der Waals surface area contributed by atoms with Gasteiger partial charge in [-0.15, -0.1) is 10.2 Å². The lowest BCUT2D eigenvalue weighted by atomic mass is 9.99. The highest BCUT2D eigenvalue weighted by Crippen LogP contribution is 2.30. The van der Waals surface area contributed by atoms with Crippen LogP contribution in [0.5, 0.6) is 0 Å². The van der Waals surface area contributed by atoms with Crippen LogP contribution in [0.15, 0.2) is 18.2 Å². The molecule has 3 aliphatic heterocycles. The van der Waals surface area contributed by atoms with E-state index in [4.69, 9.17) is 0 Å². The zero-order chi connectivity index (χ0) is 22.9. The number of hydrogen-bond acceptors (Lipinski definition) is 9. The average molecular weight is 469 g/mol. The Morgan fingerprint density at radius 2 is 1.85 bits per heavy atom. The molecule has 1 atom stereocenters. The van der Waals surface area contributed by atoms with Gasteiger partial charge >= 0.3 is 0 Å². The molecular formula is C22H24N6O4S. The molecule has 0 bridgehead atoms. The van der Waals surface area contributed by atoms with Crippen molar-refractivity contribution >= 4 is 35.0 Å². The number of carbonyl (C=O) groups is 4. The Hall–Kier alpha value is -3.02. The van der Waals surface area contributed by atoms with Crippen LogP contribution in [0.1, 0.15) is 67.9 Å². The van der Waals surface area contributed by atoms with E-state index >= 15 is 0 Å². The second-order valence-electron chi connectivity index (χ2n) is 8.45. The number of amides is 4. The zero-order valence-corrected chi connectivity index (χ0v) is 18.7. The molecule has 0 aliphatic carbocycles. The number of piperidine rings is 2. The molecule has 5 rings (SSSR count). The molecule has 1 aromatic heterocycles. The van der Waals surface area contributed by atoms with Crippen molar-refractivity contribution in [2.24, 2.45) is 0 Å². The highest BCUT2D eigenvalue weighted by atomic mass is 32.1. The molecule has 1 aromatic carbocycles. The number of rotatable bonds is 6. The predicted molar refractivity (Wildman–Crippen MR) is 118 cm³/mol. The summed E-state index contributed by atoms with van der Waals surface area (Å²) in [6, 6.07) is 4.16. The summed E-state index contributed by atoms with van der Waals surface area (Å²) < 4.78 is 0. The Morgan fingerprint density at radius 3 is 2.64 bits per heavy atom. The molecule has 0 saturated carbocycles. The van der Waals surface area contributed by atoms with E-state index in [2.05, 4.69) is 26.1 Å². The van der Waals surface area contributed by atoms with Crippen LogP contribution in [0.25, 0.3) is 0 Å². The van der Waals surface area contributed by atoms with E-state index in [1.54, 1.807) is 29.5 Å². The Balaban J connectivity index is 1.26. The van der Waals surface area contributed by atoms with E-state index in [1.807, 2.05) is 0 Å². The first kappa shape index (κ1) is 21.8. The van der Waals surface area contributed by atoms with Crippen molar-refractivity contribution < 1.29 is 19.2 Å². The minimum absolute atomic E-state index is 0.0967. The predicted octanol–water partition coefficient (Wildman–Crippen LogP) is 0.696. The number of hydrogen-bond donors (Lipinski definition) is 3. The molecule has 33 heavy (non-hydrogen) atoms. The smallest absolute Gasteiger partial charge is 0.262 e. The largest absolute Gasteiger partial charge is 0.317 e. The molecule has 2 saturated heterocycles. The van der Waals surface area contributed by atoms with Crippen molar-refractivity contribution in [2.45, 2.75) is 50.7 Å². The lowest BCUT2D eigenvalue weighted by Crippen LogP contribution is -2.54. The van der Waals surface area contributed by atoms with E-state index in [1.165, 1.54) is 0 Å². The van der Waals surface area contributed by atoms with E-state index in [-0.39, 0.29) is 18.4 Å². The molecule has 2 fully saturated rings. The second kappa shape index (κ2) is 9.08. The van der Waals surface area contributed by atoms with Crippen molar-refractivity contribution in [3.05, 3.63) is 44.9 Å². The summed E-state index contributed by atoms with van der Waals surface area (Å²) in [5, 5.41) is 19.5. The van der Waals surface area contributed by atoms with E-state index in [0.717, 1.165) is 40.8 Å². The molecule has 2 aromatic rings. The van der Waals surface area contributed by atoms with E-state index in [9.17, 15) is 19.2 Å². The summed E-state index contributed by atoms with van der Waals surface area (Å²) in [6.07, 6.45) is 2.37. The summed E-state index contributed by atoms with van der Waals surface area (Å²) in [5.74, 6) is -1.54.